The van der Waals surface area contributed by atoms with E-state index in [4.69, 9.17) is 4.74 Å². The topological polar surface area (TPSA) is 38.3 Å². The number of nitrogens with one attached hydrogen (secondary N) is 1. The van der Waals surface area contributed by atoms with E-state index in [-0.39, 0.29) is 12.0 Å². The summed E-state index contributed by atoms with van der Waals surface area (Å²) in [7, 11) is 1.46. The van der Waals surface area contributed by atoms with Crippen LogP contribution >= 0.6 is 11.8 Å². The van der Waals surface area contributed by atoms with Gasteiger partial charge in [-0.25, -0.2) is 0 Å². The van der Waals surface area contributed by atoms with Gasteiger partial charge in [-0.15, -0.1) is 0 Å². The molecule has 0 saturated heterocycles. The van der Waals surface area contributed by atoms with E-state index in [1.165, 1.54) is 32.1 Å². The number of hydrogen-bond donors (Lipinski definition) is 1. The summed E-state index contributed by atoms with van der Waals surface area (Å²) in [5.41, 5.74) is -0.583. The van der Waals surface area contributed by atoms with Gasteiger partial charge in [0.15, 0.2) is 0 Å². The molecule has 3 nitrogen and oxygen atoms in total. The molecule has 0 radical (unpaired) electrons. The molecule has 0 aromatic heterocycles. The SMILES string of the molecule is CCCCCSC(C)CC(C)(NC(C)C)C(=O)OC. The number of unbranched alkanes of at least 4 members (excludes halogenated alkanes) is 2. The number of carbonyl (C=O) groups is 1. The third-order valence-electron chi connectivity index (χ3n) is 3.09. The van der Waals surface area contributed by atoms with E-state index in [0.717, 1.165) is 6.42 Å². The van der Waals surface area contributed by atoms with Gasteiger partial charge in [0.2, 0.25) is 0 Å². The highest BCUT2D eigenvalue weighted by atomic mass is 32.2. The molecule has 0 amide bonds. The molecule has 0 aliphatic carbocycles. The molecule has 0 fully saturated rings. The van der Waals surface area contributed by atoms with Crippen LogP contribution in [0.25, 0.3) is 0 Å². The highest BCUT2D eigenvalue weighted by molar-refractivity contribution is 7.99. The van der Waals surface area contributed by atoms with Crippen LogP contribution in [-0.2, 0) is 9.53 Å². The maximum absolute atomic E-state index is 12.0. The minimum absolute atomic E-state index is 0.165. The Hall–Kier alpha value is -0.220. The molecular formula is C15H31NO2S. The number of thioether (sulfide) groups is 1. The standard InChI is InChI=1S/C15H31NO2S/c1-7-8-9-10-19-13(4)11-15(5,14(17)18-6)16-12(2)3/h12-13,16H,7-11H2,1-6H3. The van der Waals surface area contributed by atoms with Crippen LogP contribution in [0.3, 0.4) is 0 Å². The van der Waals surface area contributed by atoms with E-state index in [1.54, 1.807) is 0 Å². The minimum atomic E-state index is -0.583. The molecule has 0 aromatic carbocycles. The molecule has 0 saturated carbocycles. The van der Waals surface area contributed by atoms with Crippen LogP contribution in [0.15, 0.2) is 0 Å². The number of hydrogen-bond acceptors (Lipinski definition) is 4. The van der Waals surface area contributed by atoms with Gasteiger partial charge in [0.05, 0.1) is 7.11 Å². The van der Waals surface area contributed by atoms with Crippen molar-refractivity contribution in [2.24, 2.45) is 0 Å². The van der Waals surface area contributed by atoms with Crippen LogP contribution in [0, 0.1) is 0 Å². The summed E-state index contributed by atoms with van der Waals surface area (Å²) in [6.07, 6.45) is 4.61. The summed E-state index contributed by atoms with van der Waals surface area (Å²) in [6.45, 7) is 10.5. The Balaban J connectivity index is 4.34. The van der Waals surface area contributed by atoms with Crippen LogP contribution in [0.5, 0.6) is 0 Å². The normalized spacial score (nSPS) is 16.2. The zero-order chi connectivity index (χ0) is 14.9. The quantitative estimate of drug-likeness (QED) is 0.492. The number of rotatable bonds is 10. The maximum Gasteiger partial charge on any atom is 0.325 e. The smallest absolute Gasteiger partial charge is 0.325 e. The van der Waals surface area contributed by atoms with Gasteiger partial charge in [-0.2, -0.15) is 11.8 Å². The second-order valence-electron chi connectivity index (χ2n) is 5.72. The van der Waals surface area contributed by atoms with Crippen LogP contribution in [0.2, 0.25) is 0 Å². The van der Waals surface area contributed by atoms with Crippen molar-refractivity contribution in [3.05, 3.63) is 0 Å². The van der Waals surface area contributed by atoms with Crippen LogP contribution in [0.1, 0.15) is 60.3 Å². The Morgan fingerprint density at radius 3 is 2.42 bits per heavy atom. The molecule has 2 unspecified atom stereocenters. The van der Waals surface area contributed by atoms with E-state index < -0.39 is 5.54 Å². The first kappa shape index (κ1) is 18.8. The van der Waals surface area contributed by atoms with Crippen LogP contribution < -0.4 is 5.32 Å². The van der Waals surface area contributed by atoms with Crippen molar-refractivity contribution in [1.29, 1.82) is 0 Å². The Bertz CT molecular complexity index is 259. The lowest BCUT2D eigenvalue weighted by Gasteiger charge is -2.32. The first-order chi connectivity index (χ1) is 8.85. The lowest BCUT2D eigenvalue weighted by molar-refractivity contribution is -0.148. The largest absolute Gasteiger partial charge is 0.468 e. The molecule has 19 heavy (non-hydrogen) atoms. The molecule has 0 heterocycles. The second kappa shape index (κ2) is 9.65. The van der Waals surface area contributed by atoms with Crippen LogP contribution in [-0.4, -0.2) is 35.7 Å². The van der Waals surface area contributed by atoms with Gasteiger partial charge in [-0.05, 0) is 39.4 Å². The minimum Gasteiger partial charge on any atom is -0.468 e. The van der Waals surface area contributed by atoms with Crippen molar-refractivity contribution in [3.63, 3.8) is 0 Å². The summed E-state index contributed by atoms with van der Waals surface area (Å²) < 4.78 is 4.95. The lowest BCUT2D eigenvalue weighted by atomic mass is 9.95. The van der Waals surface area contributed by atoms with Gasteiger partial charge in [-0.1, -0.05) is 26.7 Å². The first-order valence-corrected chi connectivity index (χ1v) is 8.38. The molecule has 0 aliphatic heterocycles. The molecule has 0 rings (SSSR count). The fraction of sp³-hybridized carbons (Fsp3) is 0.933. The van der Waals surface area contributed by atoms with Gasteiger partial charge in [0.1, 0.15) is 5.54 Å². The van der Waals surface area contributed by atoms with Crippen molar-refractivity contribution in [3.8, 4) is 0 Å². The van der Waals surface area contributed by atoms with Crippen molar-refractivity contribution in [2.75, 3.05) is 12.9 Å². The predicted molar refractivity (Wildman–Crippen MR) is 84.8 cm³/mol. The molecule has 0 aliphatic rings. The summed E-state index contributed by atoms with van der Waals surface area (Å²) in [5.74, 6) is 1.01. The Morgan fingerprint density at radius 1 is 1.32 bits per heavy atom. The zero-order valence-corrected chi connectivity index (χ0v) is 14.2. The third-order valence-corrected chi connectivity index (χ3v) is 4.35. The van der Waals surface area contributed by atoms with Crippen molar-refractivity contribution < 1.29 is 9.53 Å². The maximum atomic E-state index is 12.0. The molecule has 0 spiro atoms. The third kappa shape index (κ3) is 7.83. The molecule has 114 valence electrons. The van der Waals surface area contributed by atoms with E-state index in [2.05, 4.69) is 33.0 Å². The average Bonchev–Trinajstić information content (AvgIpc) is 2.32. The fourth-order valence-corrected chi connectivity index (χ4v) is 3.56. The number of esters is 1. The molecule has 0 bridgehead atoms. The Kier molecular flexibility index (Phi) is 9.54. The lowest BCUT2D eigenvalue weighted by Crippen LogP contribution is -2.54. The Labute approximate surface area is 123 Å². The average molecular weight is 289 g/mol. The number of carbonyl (C=O) groups excluding carboxylic acids is 1. The monoisotopic (exact) mass is 289 g/mol. The highest BCUT2D eigenvalue weighted by Crippen LogP contribution is 2.24. The van der Waals surface area contributed by atoms with Gasteiger partial charge in [-0.3, -0.25) is 10.1 Å². The molecule has 4 heteroatoms. The fourth-order valence-electron chi connectivity index (χ4n) is 2.33. The first-order valence-electron chi connectivity index (χ1n) is 7.33. The summed E-state index contributed by atoms with van der Waals surface area (Å²) >= 11 is 1.95. The van der Waals surface area contributed by atoms with Crippen molar-refractivity contribution in [1.82, 2.24) is 5.32 Å². The van der Waals surface area contributed by atoms with Crippen molar-refractivity contribution in [2.45, 2.75) is 77.1 Å². The van der Waals surface area contributed by atoms with E-state index in [0.29, 0.717) is 5.25 Å². The summed E-state index contributed by atoms with van der Waals surface area (Å²) in [6, 6.07) is 0.265. The highest BCUT2D eigenvalue weighted by Gasteiger charge is 2.36. The van der Waals surface area contributed by atoms with Gasteiger partial charge >= 0.3 is 5.97 Å². The molecule has 1 N–H and O–H groups in total. The van der Waals surface area contributed by atoms with E-state index in [9.17, 15) is 4.79 Å². The Morgan fingerprint density at radius 2 is 1.95 bits per heavy atom. The van der Waals surface area contributed by atoms with Crippen LogP contribution in [0.4, 0.5) is 0 Å². The van der Waals surface area contributed by atoms with E-state index in [1.807, 2.05) is 18.7 Å². The number of methoxy groups -OCH3 is 1. The predicted octanol–water partition coefficient (Wildman–Crippen LogP) is 3.62. The summed E-state index contributed by atoms with van der Waals surface area (Å²) in [4.78, 5) is 12.0. The van der Waals surface area contributed by atoms with Gasteiger partial charge < -0.3 is 4.74 Å². The van der Waals surface area contributed by atoms with Gasteiger partial charge in [0.25, 0.3) is 0 Å². The zero-order valence-electron chi connectivity index (χ0n) is 13.4. The van der Waals surface area contributed by atoms with Crippen molar-refractivity contribution >= 4 is 17.7 Å². The summed E-state index contributed by atoms with van der Waals surface area (Å²) in [5, 5.41) is 3.80. The van der Waals surface area contributed by atoms with E-state index >= 15 is 0 Å². The molecular weight excluding hydrogens is 258 g/mol. The second-order valence-corrected chi connectivity index (χ2v) is 7.26. The molecule has 0 aromatic rings. The van der Waals surface area contributed by atoms with Gasteiger partial charge in [0, 0.05) is 11.3 Å². The number of ether oxygens (including phenoxy) is 1. The molecule has 2 atom stereocenters.